The molecule has 0 spiro atoms. The summed E-state index contributed by atoms with van der Waals surface area (Å²) in [4.78, 5) is 24.5. The number of thioether (sulfide) groups is 1. The van der Waals surface area contributed by atoms with Crippen molar-refractivity contribution in [3.8, 4) is 0 Å². The molecule has 2 aromatic carbocycles. The van der Waals surface area contributed by atoms with E-state index in [0.717, 1.165) is 0 Å². The van der Waals surface area contributed by atoms with Gasteiger partial charge in [0.25, 0.3) is 0 Å². The molecule has 7 heteroatoms. The molecule has 0 radical (unpaired) electrons. The highest BCUT2D eigenvalue weighted by Gasteiger charge is 2.46. The first kappa shape index (κ1) is 19.4. The van der Waals surface area contributed by atoms with Crippen LogP contribution in [0.15, 0.2) is 60.7 Å². The molecular formula is C20H20O6S. The van der Waals surface area contributed by atoms with Gasteiger partial charge in [0.2, 0.25) is 0 Å². The molecule has 1 N–H and O–H groups in total. The number of hydrogen-bond acceptors (Lipinski definition) is 7. The van der Waals surface area contributed by atoms with Crippen molar-refractivity contribution in [2.75, 3.05) is 12.9 Å². The number of ether oxygens (including phenoxy) is 3. The first-order valence-electron chi connectivity index (χ1n) is 8.44. The third-order valence-corrected chi connectivity index (χ3v) is 5.24. The minimum absolute atomic E-state index is 0.130. The molecule has 0 aromatic heterocycles. The fourth-order valence-corrected chi connectivity index (χ4v) is 3.61. The molecule has 2 aromatic rings. The lowest BCUT2D eigenvalue weighted by molar-refractivity contribution is -0.109. The summed E-state index contributed by atoms with van der Waals surface area (Å²) in [7, 11) is 0. The van der Waals surface area contributed by atoms with E-state index in [1.165, 1.54) is 11.8 Å². The van der Waals surface area contributed by atoms with Gasteiger partial charge in [0.1, 0.15) is 18.8 Å². The van der Waals surface area contributed by atoms with Crippen LogP contribution in [0.25, 0.3) is 0 Å². The summed E-state index contributed by atoms with van der Waals surface area (Å²) >= 11 is 1.33. The SMILES string of the molecule is CS[C@@H]1[C@H](OC(=O)c2ccccc2)[C@@H](COC(=O)c2ccccc2)O[C@H]1O. The molecular weight excluding hydrogens is 368 g/mol. The van der Waals surface area contributed by atoms with Crippen LogP contribution in [0, 0.1) is 0 Å². The van der Waals surface area contributed by atoms with Crippen LogP contribution < -0.4 is 0 Å². The highest BCUT2D eigenvalue weighted by Crippen LogP contribution is 2.31. The van der Waals surface area contributed by atoms with E-state index in [1.807, 2.05) is 0 Å². The first-order chi connectivity index (χ1) is 13.1. The van der Waals surface area contributed by atoms with Gasteiger partial charge in [-0.2, -0.15) is 11.8 Å². The minimum atomic E-state index is -1.12. The number of hydrogen-bond donors (Lipinski definition) is 1. The average molecular weight is 388 g/mol. The van der Waals surface area contributed by atoms with Crippen LogP contribution >= 0.6 is 11.8 Å². The first-order valence-corrected chi connectivity index (χ1v) is 9.73. The molecule has 6 nitrogen and oxygen atoms in total. The van der Waals surface area contributed by atoms with Gasteiger partial charge in [-0.25, -0.2) is 9.59 Å². The van der Waals surface area contributed by atoms with E-state index in [4.69, 9.17) is 14.2 Å². The Morgan fingerprint density at radius 2 is 1.56 bits per heavy atom. The molecule has 4 atom stereocenters. The Hall–Kier alpha value is -2.35. The Balaban J connectivity index is 1.67. The lowest BCUT2D eigenvalue weighted by Gasteiger charge is -2.22. The molecule has 142 valence electrons. The van der Waals surface area contributed by atoms with Crippen LogP contribution in [0.5, 0.6) is 0 Å². The Labute approximate surface area is 161 Å². The molecule has 0 unspecified atom stereocenters. The number of carbonyl (C=O) groups is 2. The maximum atomic E-state index is 12.4. The average Bonchev–Trinajstić information content (AvgIpc) is 3.01. The van der Waals surface area contributed by atoms with Gasteiger partial charge in [0.05, 0.1) is 16.4 Å². The van der Waals surface area contributed by atoms with Crippen molar-refractivity contribution in [3.05, 3.63) is 71.8 Å². The van der Waals surface area contributed by atoms with Gasteiger partial charge in [0.15, 0.2) is 6.29 Å². The number of aliphatic hydroxyl groups is 1. The van der Waals surface area contributed by atoms with Crippen molar-refractivity contribution in [2.24, 2.45) is 0 Å². The van der Waals surface area contributed by atoms with Gasteiger partial charge < -0.3 is 19.3 Å². The molecule has 0 bridgehead atoms. The Bertz CT molecular complexity index is 767. The van der Waals surface area contributed by atoms with Gasteiger partial charge in [-0.15, -0.1) is 0 Å². The molecule has 27 heavy (non-hydrogen) atoms. The van der Waals surface area contributed by atoms with E-state index in [-0.39, 0.29) is 6.61 Å². The molecule has 1 heterocycles. The van der Waals surface area contributed by atoms with Gasteiger partial charge >= 0.3 is 11.9 Å². The van der Waals surface area contributed by atoms with Gasteiger partial charge in [-0.3, -0.25) is 0 Å². The molecule has 3 rings (SSSR count). The van der Waals surface area contributed by atoms with Crippen LogP contribution in [0.4, 0.5) is 0 Å². The van der Waals surface area contributed by atoms with Crippen LogP contribution in [-0.4, -0.2) is 53.7 Å². The summed E-state index contributed by atoms with van der Waals surface area (Å²) in [6.07, 6.45) is -0.822. The molecule has 1 aliphatic rings. The topological polar surface area (TPSA) is 82.1 Å². The van der Waals surface area contributed by atoms with Gasteiger partial charge in [-0.05, 0) is 30.5 Å². The number of carbonyl (C=O) groups excluding carboxylic acids is 2. The molecule has 1 fully saturated rings. The third kappa shape index (κ3) is 4.68. The van der Waals surface area contributed by atoms with Crippen molar-refractivity contribution in [3.63, 3.8) is 0 Å². The fraction of sp³-hybridized carbons (Fsp3) is 0.300. The summed E-state index contributed by atoms with van der Waals surface area (Å²) in [6, 6.07) is 17.1. The monoisotopic (exact) mass is 388 g/mol. The maximum absolute atomic E-state index is 12.4. The van der Waals surface area contributed by atoms with Crippen molar-refractivity contribution in [1.29, 1.82) is 0 Å². The fourth-order valence-electron chi connectivity index (χ4n) is 2.82. The van der Waals surface area contributed by atoms with Gasteiger partial charge in [-0.1, -0.05) is 36.4 Å². The molecule has 1 saturated heterocycles. The third-order valence-electron chi connectivity index (χ3n) is 4.20. The zero-order valence-corrected chi connectivity index (χ0v) is 15.5. The Morgan fingerprint density at radius 3 is 2.11 bits per heavy atom. The normalized spacial score (nSPS) is 24.4. The standard InChI is InChI=1S/C20H20O6S/c1-27-17-16(26-19(22)14-10-6-3-7-11-14)15(25-20(17)23)12-24-18(21)13-8-4-2-5-9-13/h2-11,15-17,20,23H,12H2,1H3/t15-,16-,17-,20-/m1/s1. The minimum Gasteiger partial charge on any atom is -0.459 e. The number of aliphatic hydroxyl groups excluding tert-OH is 1. The van der Waals surface area contributed by atoms with Crippen LogP contribution in [0.2, 0.25) is 0 Å². The smallest absolute Gasteiger partial charge is 0.338 e. The number of rotatable bonds is 6. The summed E-state index contributed by atoms with van der Waals surface area (Å²) in [5.41, 5.74) is 0.814. The zero-order valence-electron chi connectivity index (χ0n) is 14.7. The highest BCUT2D eigenvalue weighted by molar-refractivity contribution is 7.99. The van der Waals surface area contributed by atoms with Crippen LogP contribution in [0.3, 0.4) is 0 Å². The van der Waals surface area contributed by atoms with E-state index in [1.54, 1.807) is 66.9 Å². The molecule has 0 amide bonds. The summed E-state index contributed by atoms with van der Waals surface area (Å²) in [6.45, 7) is -0.130. The lowest BCUT2D eigenvalue weighted by atomic mass is 10.1. The largest absolute Gasteiger partial charge is 0.459 e. The predicted molar refractivity (Wildman–Crippen MR) is 101 cm³/mol. The highest BCUT2D eigenvalue weighted by atomic mass is 32.2. The second-order valence-electron chi connectivity index (χ2n) is 5.97. The Morgan fingerprint density at radius 1 is 1.00 bits per heavy atom. The second kappa shape index (κ2) is 9.03. The Kier molecular flexibility index (Phi) is 6.49. The van der Waals surface area contributed by atoms with E-state index in [2.05, 4.69) is 0 Å². The summed E-state index contributed by atoms with van der Waals surface area (Å²) < 4.78 is 16.4. The quantitative estimate of drug-likeness (QED) is 0.762. The summed E-state index contributed by atoms with van der Waals surface area (Å²) in [5.74, 6) is -1.02. The van der Waals surface area contributed by atoms with Crippen molar-refractivity contribution < 1.29 is 28.9 Å². The zero-order chi connectivity index (χ0) is 19.2. The van der Waals surface area contributed by atoms with E-state index < -0.39 is 35.7 Å². The van der Waals surface area contributed by atoms with Crippen LogP contribution in [0.1, 0.15) is 20.7 Å². The number of esters is 2. The molecule has 0 aliphatic carbocycles. The maximum Gasteiger partial charge on any atom is 0.338 e. The van der Waals surface area contributed by atoms with E-state index >= 15 is 0 Å². The van der Waals surface area contributed by atoms with Crippen LogP contribution in [-0.2, 0) is 14.2 Å². The van der Waals surface area contributed by atoms with E-state index in [0.29, 0.717) is 11.1 Å². The predicted octanol–water partition coefficient (Wildman–Crippen LogP) is 2.52. The second-order valence-corrected chi connectivity index (χ2v) is 6.98. The van der Waals surface area contributed by atoms with Crippen molar-refractivity contribution >= 4 is 23.7 Å². The van der Waals surface area contributed by atoms with Gasteiger partial charge in [0, 0.05) is 0 Å². The lowest BCUT2D eigenvalue weighted by Crippen LogP contribution is -2.37. The molecule has 1 aliphatic heterocycles. The van der Waals surface area contributed by atoms with Crippen molar-refractivity contribution in [2.45, 2.75) is 23.7 Å². The molecule has 0 saturated carbocycles. The van der Waals surface area contributed by atoms with E-state index in [9.17, 15) is 14.7 Å². The van der Waals surface area contributed by atoms with Crippen molar-refractivity contribution in [1.82, 2.24) is 0 Å². The summed E-state index contributed by atoms with van der Waals surface area (Å²) in [5, 5.41) is 9.65. The number of benzene rings is 2.